The minimum Gasteiger partial charge on any atom is -0.497 e. The van der Waals surface area contributed by atoms with Gasteiger partial charge in [0.25, 0.3) is 0 Å². The van der Waals surface area contributed by atoms with Crippen LogP contribution in [0.15, 0.2) is 76.3 Å². The maximum absolute atomic E-state index is 5.47. The fourth-order valence-electron chi connectivity index (χ4n) is 3.36. The van der Waals surface area contributed by atoms with Gasteiger partial charge in [-0.25, -0.2) is 4.99 Å². The number of rotatable bonds is 10. The zero-order chi connectivity index (χ0) is 21.9. The van der Waals surface area contributed by atoms with Crippen molar-refractivity contribution in [2.45, 2.75) is 33.1 Å². The highest BCUT2D eigenvalue weighted by molar-refractivity contribution is 5.79. The van der Waals surface area contributed by atoms with Gasteiger partial charge in [-0.2, -0.15) is 0 Å². The number of hydrogen-bond acceptors (Lipinski definition) is 4. The quantitative estimate of drug-likeness (QED) is 0.381. The molecule has 1 aromatic heterocycles. The Morgan fingerprint density at radius 3 is 2.58 bits per heavy atom. The molecule has 0 fully saturated rings. The van der Waals surface area contributed by atoms with Crippen molar-refractivity contribution < 1.29 is 9.15 Å². The summed E-state index contributed by atoms with van der Waals surface area (Å²) in [6.45, 7) is 5.78. The van der Waals surface area contributed by atoms with Crippen LogP contribution in [0.2, 0.25) is 0 Å². The summed E-state index contributed by atoms with van der Waals surface area (Å²) >= 11 is 0. The number of ether oxygens (including phenoxy) is 1. The van der Waals surface area contributed by atoms with E-state index in [0.29, 0.717) is 13.1 Å². The molecular formula is C25H32N4O2. The number of methoxy groups -OCH3 is 1. The number of nitrogens with zero attached hydrogens (tertiary/aromatic N) is 2. The van der Waals surface area contributed by atoms with Gasteiger partial charge in [0.1, 0.15) is 11.5 Å². The number of nitrogens with one attached hydrogen (secondary N) is 2. The minimum atomic E-state index is 0.583. The molecule has 6 heteroatoms. The van der Waals surface area contributed by atoms with Gasteiger partial charge in [0.2, 0.25) is 0 Å². The van der Waals surface area contributed by atoms with Crippen molar-refractivity contribution >= 4 is 5.96 Å². The molecule has 0 saturated heterocycles. The topological polar surface area (TPSA) is 62.0 Å². The lowest BCUT2D eigenvalue weighted by molar-refractivity contribution is 0.287. The van der Waals surface area contributed by atoms with Crippen molar-refractivity contribution in [2.24, 2.45) is 4.99 Å². The average molecular weight is 421 g/mol. The Kier molecular flexibility index (Phi) is 8.55. The molecule has 164 valence electrons. The Morgan fingerprint density at radius 1 is 1.00 bits per heavy atom. The summed E-state index contributed by atoms with van der Waals surface area (Å²) in [4.78, 5) is 6.98. The molecule has 6 nitrogen and oxygen atoms in total. The van der Waals surface area contributed by atoms with Crippen LogP contribution in [0.3, 0.4) is 0 Å². The van der Waals surface area contributed by atoms with Gasteiger partial charge in [0, 0.05) is 19.6 Å². The first-order valence-corrected chi connectivity index (χ1v) is 10.6. The summed E-state index contributed by atoms with van der Waals surface area (Å²) in [7, 11) is 3.78. The predicted molar refractivity (Wildman–Crippen MR) is 125 cm³/mol. The van der Waals surface area contributed by atoms with E-state index in [9.17, 15) is 0 Å². The first kappa shape index (κ1) is 22.4. The second-order valence-corrected chi connectivity index (χ2v) is 7.42. The van der Waals surface area contributed by atoms with E-state index < -0.39 is 0 Å². The van der Waals surface area contributed by atoms with E-state index in [-0.39, 0.29) is 0 Å². The van der Waals surface area contributed by atoms with E-state index >= 15 is 0 Å². The average Bonchev–Trinajstić information content (AvgIpc) is 3.29. The molecule has 2 aromatic carbocycles. The van der Waals surface area contributed by atoms with Crippen molar-refractivity contribution in [3.05, 3.63) is 89.4 Å². The molecule has 0 radical (unpaired) electrons. The number of guanidine groups is 1. The van der Waals surface area contributed by atoms with Gasteiger partial charge in [-0.05, 0) is 54.9 Å². The van der Waals surface area contributed by atoms with E-state index in [2.05, 4.69) is 59.8 Å². The van der Waals surface area contributed by atoms with Crippen LogP contribution in [0.5, 0.6) is 5.75 Å². The molecule has 3 rings (SSSR count). The van der Waals surface area contributed by atoms with Gasteiger partial charge >= 0.3 is 0 Å². The van der Waals surface area contributed by atoms with Gasteiger partial charge in [-0.15, -0.1) is 0 Å². The Balaban J connectivity index is 1.62. The summed E-state index contributed by atoms with van der Waals surface area (Å²) in [5, 5.41) is 6.79. The number of benzene rings is 2. The van der Waals surface area contributed by atoms with Gasteiger partial charge < -0.3 is 19.8 Å². The summed E-state index contributed by atoms with van der Waals surface area (Å²) in [5.74, 6) is 2.61. The van der Waals surface area contributed by atoms with E-state index in [0.717, 1.165) is 42.7 Å². The molecule has 3 aromatic rings. The fraction of sp³-hybridized carbons (Fsp3) is 0.320. The van der Waals surface area contributed by atoms with Gasteiger partial charge in [-0.1, -0.05) is 36.4 Å². The molecule has 0 amide bonds. The zero-order valence-electron chi connectivity index (χ0n) is 18.6. The SMILES string of the molecule is CCNC(=NCc1cccc(OC)c1)NCc1ccccc1CN(C)Cc1ccco1. The molecule has 1 heterocycles. The van der Waals surface area contributed by atoms with Crippen molar-refractivity contribution in [2.75, 3.05) is 20.7 Å². The Hall–Kier alpha value is -3.25. The lowest BCUT2D eigenvalue weighted by Gasteiger charge is -2.19. The third-order valence-electron chi connectivity index (χ3n) is 4.91. The Labute approximate surface area is 184 Å². The number of aliphatic imine (C=N–C) groups is 1. The molecular weight excluding hydrogens is 388 g/mol. The number of hydrogen-bond donors (Lipinski definition) is 2. The zero-order valence-corrected chi connectivity index (χ0v) is 18.6. The molecule has 0 aliphatic rings. The van der Waals surface area contributed by atoms with Gasteiger partial charge in [0.15, 0.2) is 5.96 Å². The summed E-state index contributed by atoms with van der Waals surface area (Å²) in [6, 6.07) is 20.4. The molecule has 0 unspecified atom stereocenters. The molecule has 2 N–H and O–H groups in total. The lowest BCUT2D eigenvalue weighted by Crippen LogP contribution is -2.37. The second-order valence-electron chi connectivity index (χ2n) is 7.42. The van der Waals surface area contributed by atoms with E-state index in [1.165, 1.54) is 11.1 Å². The fourth-order valence-corrected chi connectivity index (χ4v) is 3.36. The highest BCUT2D eigenvalue weighted by atomic mass is 16.5. The highest BCUT2D eigenvalue weighted by Gasteiger charge is 2.08. The summed E-state index contributed by atoms with van der Waals surface area (Å²) in [6.07, 6.45) is 1.72. The predicted octanol–water partition coefficient (Wildman–Crippen LogP) is 4.18. The van der Waals surface area contributed by atoms with Crippen LogP contribution in [0.1, 0.15) is 29.4 Å². The molecule has 0 bridgehead atoms. The van der Waals surface area contributed by atoms with Crippen LogP contribution in [0.4, 0.5) is 0 Å². The maximum atomic E-state index is 5.47. The highest BCUT2D eigenvalue weighted by Crippen LogP contribution is 2.14. The van der Waals surface area contributed by atoms with Crippen molar-refractivity contribution in [1.29, 1.82) is 0 Å². The molecule has 31 heavy (non-hydrogen) atoms. The van der Waals surface area contributed by atoms with Crippen LogP contribution in [-0.4, -0.2) is 31.6 Å². The van der Waals surface area contributed by atoms with Crippen LogP contribution < -0.4 is 15.4 Å². The summed E-state index contributed by atoms with van der Waals surface area (Å²) in [5.41, 5.74) is 3.64. The molecule has 0 aliphatic carbocycles. The number of furan rings is 1. The van der Waals surface area contributed by atoms with E-state index in [4.69, 9.17) is 14.1 Å². The van der Waals surface area contributed by atoms with Crippen LogP contribution in [0.25, 0.3) is 0 Å². The van der Waals surface area contributed by atoms with Crippen LogP contribution >= 0.6 is 0 Å². The van der Waals surface area contributed by atoms with Crippen LogP contribution in [0, 0.1) is 0 Å². The lowest BCUT2D eigenvalue weighted by atomic mass is 10.1. The van der Waals surface area contributed by atoms with Crippen molar-refractivity contribution in [3.63, 3.8) is 0 Å². The second kappa shape index (κ2) is 11.8. The Morgan fingerprint density at radius 2 is 1.84 bits per heavy atom. The third-order valence-corrected chi connectivity index (χ3v) is 4.91. The van der Waals surface area contributed by atoms with Crippen LogP contribution in [-0.2, 0) is 26.2 Å². The molecule has 0 saturated carbocycles. The first-order chi connectivity index (χ1) is 15.2. The standard InChI is InChI=1S/C25H32N4O2/c1-4-26-25(27-16-20-9-7-12-23(15-20)30-3)28-17-21-10-5-6-11-22(21)18-29(2)19-24-13-8-14-31-24/h5-15H,4,16-19H2,1-3H3,(H2,26,27,28). The normalized spacial score (nSPS) is 11.5. The van der Waals surface area contributed by atoms with Gasteiger partial charge in [-0.3, -0.25) is 4.90 Å². The monoisotopic (exact) mass is 420 g/mol. The smallest absolute Gasteiger partial charge is 0.191 e. The molecule has 0 aliphatic heterocycles. The Bertz CT molecular complexity index is 954. The summed E-state index contributed by atoms with van der Waals surface area (Å²) < 4.78 is 10.8. The largest absolute Gasteiger partial charge is 0.497 e. The maximum Gasteiger partial charge on any atom is 0.191 e. The third kappa shape index (κ3) is 7.19. The van der Waals surface area contributed by atoms with E-state index in [1.54, 1.807) is 13.4 Å². The first-order valence-electron chi connectivity index (χ1n) is 10.6. The van der Waals surface area contributed by atoms with Crippen molar-refractivity contribution in [3.8, 4) is 5.75 Å². The molecule has 0 atom stereocenters. The van der Waals surface area contributed by atoms with Crippen molar-refractivity contribution in [1.82, 2.24) is 15.5 Å². The van der Waals surface area contributed by atoms with E-state index in [1.807, 2.05) is 30.3 Å². The minimum absolute atomic E-state index is 0.583. The van der Waals surface area contributed by atoms with Gasteiger partial charge in [0.05, 0.1) is 26.5 Å². The molecule has 0 spiro atoms.